The van der Waals surface area contributed by atoms with Crippen molar-refractivity contribution in [1.82, 2.24) is 5.32 Å². The van der Waals surface area contributed by atoms with Gasteiger partial charge in [0.15, 0.2) is 0 Å². The number of benzene rings is 1. The third kappa shape index (κ3) is 3.38. The van der Waals surface area contributed by atoms with Crippen LogP contribution in [0.25, 0.3) is 0 Å². The maximum atomic E-state index is 10.5. The van der Waals surface area contributed by atoms with Gasteiger partial charge in [-0.05, 0) is 18.6 Å². The van der Waals surface area contributed by atoms with Crippen molar-refractivity contribution in [2.24, 2.45) is 0 Å². The normalized spacial score (nSPS) is 10.5. The zero-order chi connectivity index (χ0) is 13.0. The zero-order valence-electron chi connectivity index (χ0n) is 10.1. The Kier molecular flexibility index (Phi) is 4.07. The molecule has 2 rings (SSSR count). The molecule has 0 fully saturated rings. The number of rotatable bonds is 5. The Bertz CT molecular complexity index is 551. The molecule has 0 aliphatic carbocycles. The number of hydrogen-bond donors (Lipinski definition) is 1. The fourth-order valence-corrected chi connectivity index (χ4v) is 2.50. The number of aryl methyl sites for hydroxylation is 1. The maximum Gasteiger partial charge on any atom is 0.324 e. The number of nitrogens with one attached hydrogen (secondary N) is 1. The van der Waals surface area contributed by atoms with Gasteiger partial charge in [-0.15, -0.1) is 0 Å². The van der Waals surface area contributed by atoms with E-state index in [1.165, 1.54) is 22.5 Å². The van der Waals surface area contributed by atoms with Gasteiger partial charge in [0.1, 0.15) is 0 Å². The topological polar surface area (TPSA) is 55.2 Å². The lowest BCUT2D eigenvalue weighted by Crippen LogP contribution is -2.11. The van der Waals surface area contributed by atoms with Crippen LogP contribution in [-0.2, 0) is 13.1 Å². The van der Waals surface area contributed by atoms with Crippen molar-refractivity contribution >= 4 is 16.3 Å². The summed E-state index contributed by atoms with van der Waals surface area (Å²) in [5, 5.41) is 14.0. The number of thiophene rings is 1. The van der Waals surface area contributed by atoms with Gasteiger partial charge in [-0.3, -0.25) is 10.1 Å². The van der Waals surface area contributed by atoms with Gasteiger partial charge in [0.05, 0.1) is 4.92 Å². The summed E-state index contributed by atoms with van der Waals surface area (Å²) in [5.41, 5.74) is 2.46. The van der Waals surface area contributed by atoms with E-state index in [-0.39, 0.29) is 9.92 Å². The molecule has 4 nitrogen and oxygen atoms in total. The molecule has 1 aromatic carbocycles. The van der Waals surface area contributed by atoms with Gasteiger partial charge in [0.25, 0.3) is 0 Å². The van der Waals surface area contributed by atoms with Gasteiger partial charge < -0.3 is 5.32 Å². The molecule has 0 radical (unpaired) electrons. The van der Waals surface area contributed by atoms with Gasteiger partial charge in [-0.25, -0.2) is 0 Å². The highest BCUT2D eigenvalue weighted by molar-refractivity contribution is 7.15. The Morgan fingerprint density at radius 1 is 1.28 bits per heavy atom. The summed E-state index contributed by atoms with van der Waals surface area (Å²) in [5.74, 6) is 0. The summed E-state index contributed by atoms with van der Waals surface area (Å²) in [6.45, 7) is 3.49. The van der Waals surface area contributed by atoms with Crippen LogP contribution in [-0.4, -0.2) is 4.92 Å². The molecule has 94 valence electrons. The first kappa shape index (κ1) is 12.7. The quantitative estimate of drug-likeness (QED) is 0.664. The van der Waals surface area contributed by atoms with Gasteiger partial charge >= 0.3 is 5.00 Å². The summed E-state index contributed by atoms with van der Waals surface area (Å²) in [7, 11) is 0. The van der Waals surface area contributed by atoms with Crippen LogP contribution in [0, 0.1) is 17.0 Å². The maximum absolute atomic E-state index is 10.5. The van der Waals surface area contributed by atoms with Gasteiger partial charge in [-0.2, -0.15) is 0 Å². The van der Waals surface area contributed by atoms with E-state index in [9.17, 15) is 10.1 Å². The third-order valence-electron chi connectivity index (χ3n) is 2.54. The smallest absolute Gasteiger partial charge is 0.308 e. The van der Waals surface area contributed by atoms with Crippen molar-refractivity contribution in [3.63, 3.8) is 0 Å². The molecule has 1 N–H and O–H groups in total. The molecule has 5 heteroatoms. The van der Waals surface area contributed by atoms with Crippen LogP contribution in [0.3, 0.4) is 0 Å². The average molecular weight is 262 g/mol. The van der Waals surface area contributed by atoms with Crippen molar-refractivity contribution in [1.29, 1.82) is 0 Å². The van der Waals surface area contributed by atoms with E-state index in [1.807, 2.05) is 6.07 Å². The van der Waals surface area contributed by atoms with E-state index in [0.29, 0.717) is 6.54 Å². The minimum Gasteiger partial charge on any atom is -0.308 e. The monoisotopic (exact) mass is 262 g/mol. The number of hydrogen-bond acceptors (Lipinski definition) is 4. The van der Waals surface area contributed by atoms with Crippen LogP contribution in [0.1, 0.15) is 16.0 Å². The molecule has 0 atom stereocenters. The first-order chi connectivity index (χ1) is 8.65. The standard InChI is InChI=1S/C13H14N2O2S/c1-10-3-2-4-11(7-10)8-14-9-12-5-6-13(18-12)15(16)17/h2-7,14H,8-9H2,1H3. The van der Waals surface area contributed by atoms with Crippen LogP contribution in [0.15, 0.2) is 36.4 Å². The Morgan fingerprint density at radius 3 is 2.78 bits per heavy atom. The molecule has 0 amide bonds. The van der Waals surface area contributed by atoms with Crippen LogP contribution < -0.4 is 5.32 Å². The Hall–Kier alpha value is -1.72. The van der Waals surface area contributed by atoms with E-state index in [2.05, 4.69) is 30.4 Å². The molecular formula is C13H14N2O2S. The highest BCUT2D eigenvalue weighted by atomic mass is 32.1. The first-order valence-electron chi connectivity index (χ1n) is 5.64. The summed E-state index contributed by atoms with van der Waals surface area (Å²) in [6.07, 6.45) is 0. The van der Waals surface area contributed by atoms with Crippen molar-refractivity contribution in [2.45, 2.75) is 20.0 Å². The van der Waals surface area contributed by atoms with E-state index < -0.39 is 0 Å². The third-order valence-corrected chi connectivity index (χ3v) is 3.58. The van der Waals surface area contributed by atoms with Crippen molar-refractivity contribution in [3.8, 4) is 0 Å². The van der Waals surface area contributed by atoms with E-state index >= 15 is 0 Å². The number of nitro groups is 1. The van der Waals surface area contributed by atoms with E-state index in [0.717, 1.165) is 11.4 Å². The minimum atomic E-state index is -0.352. The fourth-order valence-electron chi connectivity index (χ4n) is 1.71. The molecule has 0 aliphatic heterocycles. The largest absolute Gasteiger partial charge is 0.324 e. The molecule has 1 aromatic heterocycles. The van der Waals surface area contributed by atoms with Crippen LogP contribution in [0.5, 0.6) is 0 Å². The van der Waals surface area contributed by atoms with E-state index in [4.69, 9.17) is 0 Å². The number of nitrogens with zero attached hydrogens (tertiary/aromatic N) is 1. The summed E-state index contributed by atoms with van der Waals surface area (Å²) < 4.78 is 0. The second-order valence-corrected chi connectivity index (χ2v) is 5.24. The van der Waals surface area contributed by atoms with Crippen molar-refractivity contribution in [3.05, 3.63) is 62.5 Å². The van der Waals surface area contributed by atoms with Gasteiger partial charge in [0.2, 0.25) is 0 Å². The fraction of sp³-hybridized carbons (Fsp3) is 0.231. The minimum absolute atomic E-state index is 0.197. The van der Waals surface area contributed by atoms with Crippen LogP contribution in [0.4, 0.5) is 5.00 Å². The summed E-state index contributed by atoms with van der Waals surface area (Å²) in [6, 6.07) is 11.6. The SMILES string of the molecule is Cc1cccc(CNCc2ccc([N+](=O)[O-])s2)c1. The highest BCUT2D eigenvalue weighted by Crippen LogP contribution is 2.23. The highest BCUT2D eigenvalue weighted by Gasteiger charge is 2.08. The molecule has 0 saturated carbocycles. The van der Waals surface area contributed by atoms with E-state index in [1.54, 1.807) is 12.1 Å². The van der Waals surface area contributed by atoms with Crippen molar-refractivity contribution in [2.75, 3.05) is 0 Å². The van der Waals surface area contributed by atoms with Gasteiger partial charge in [-0.1, -0.05) is 41.2 Å². The molecule has 0 unspecified atom stereocenters. The summed E-state index contributed by atoms with van der Waals surface area (Å²) in [4.78, 5) is 11.2. The van der Waals surface area contributed by atoms with Crippen LogP contribution >= 0.6 is 11.3 Å². The molecular weight excluding hydrogens is 248 g/mol. The molecule has 0 bridgehead atoms. The average Bonchev–Trinajstić information content (AvgIpc) is 2.78. The zero-order valence-corrected chi connectivity index (χ0v) is 10.9. The molecule has 18 heavy (non-hydrogen) atoms. The van der Waals surface area contributed by atoms with Gasteiger partial charge in [0, 0.05) is 24.0 Å². The molecule has 2 aromatic rings. The Labute approximate surface area is 109 Å². The summed E-state index contributed by atoms with van der Waals surface area (Å²) >= 11 is 1.22. The lowest BCUT2D eigenvalue weighted by atomic mass is 10.1. The predicted molar refractivity (Wildman–Crippen MR) is 72.7 cm³/mol. The lowest BCUT2D eigenvalue weighted by Gasteiger charge is -2.03. The second kappa shape index (κ2) is 5.75. The second-order valence-electron chi connectivity index (χ2n) is 4.09. The molecule has 0 spiro atoms. The Morgan fingerprint density at radius 2 is 2.11 bits per heavy atom. The molecule has 0 aliphatic rings. The van der Waals surface area contributed by atoms with Crippen molar-refractivity contribution < 1.29 is 4.92 Å². The Balaban J connectivity index is 1.86. The molecule has 0 saturated heterocycles. The molecule has 1 heterocycles. The predicted octanol–water partition coefficient (Wildman–Crippen LogP) is 3.25. The van der Waals surface area contributed by atoms with Crippen LogP contribution in [0.2, 0.25) is 0 Å². The first-order valence-corrected chi connectivity index (χ1v) is 6.46. The lowest BCUT2D eigenvalue weighted by molar-refractivity contribution is -0.380.